The molecule has 0 aliphatic carbocycles. The van der Waals surface area contributed by atoms with E-state index in [1.54, 1.807) is 13.1 Å². The van der Waals surface area contributed by atoms with Crippen LogP contribution >= 0.6 is 0 Å². The number of esters is 1. The van der Waals surface area contributed by atoms with Gasteiger partial charge in [-0.1, -0.05) is 30.9 Å². The second kappa shape index (κ2) is 6.37. The van der Waals surface area contributed by atoms with Crippen LogP contribution in [0, 0.1) is 0 Å². The zero-order chi connectivity index (χ0) is 14.5. The van der Waals surface area contributed by atoms with Crippen molar-refractivity contribution in [2.45, 2.75) is 32.7 Å². The predicted octanol–water partition coefficient (Wildman–Crippen LogP) is 3.24. The maximum Gasteiger partial charge on any atom is 0.341 e. The van der Waals surface area contributed by atoms with Crippen molar-refractivity contribution in [1.29, 1.82) is 0 Å². The molecule has 1 aromatic heterocycles. The smallest absolute Gasteiger partial charge is 0.341 e. The Balaban J connectivity index is 2.25. The molecule has 1 atom stereocenters. The van der Waals surface area contributed by atoms with Crippen LogP contribution in [0.15, 0.2) is 42.7 Å². The van der Waals surface area contributed by atoms with Crippen molar-refractivity contribution in [3.8, 4) is 0 Å². The van der Waals surface area contributed by atoms with E-state index in [2.05, 4.69) is 11.7 Å². The Labute approximate surface area is 119 Å². The van der Waals surface area contributed by atoms with Crippen molar-refractivity contribution in [2.75, 3.05) is 6.61 Å². The molecule has 106 valence electrons. The predicted molar refractivity (Wildman–Crippen MR) is 78.6 cm³/mol. The minimum Gasteiger partial charge on any atom is -0.462 e. The molecule has 1 aliphatic heterocycles. The van der Waals surface area contributed by atoms with Crippen LogP contribution in [0.25, 0.3) is 0 Å². The van der Waals surface area contributed by atoms with E-state index in [9.17, 15) is 4.79 Å². The fourth-order valence-electron chi connectivity index (χ4n) is 2.46. The van der Waals surface area contributed by atoms with Gasteiger partial charge in [-0.2, -0.15) is 5.10 Å². The van der Waals surface area contributed by atoms with Gasteiger partial charge in [0.15, 0.2) is 0 Å². The zero-order valence-corrected chi connectivity index (χ0v) is 12.0. The largest absolute Gasteiger partial charge is 0.462 e. The molecule has 0 aromatic carbocycles. The number of rotatable bonds is 5. The number of carbonyl (C=O) groups excluding carboxylic acids is 1. The Bertz CT molecular complexity index is 567. The molecule has 0 N–H and O–H groups in total. The summed E-state index contributed by atoms with van der Waals surface area (Å²) >= 11 is 0. The third-order valence-electron chi connectivity index (χ3n) is 3.40. The van der Waals surface area contributed by atoms with Gasteiger partial charge in [-0.3, -0.25) is 4.68 Å². The number of aryl methyl sites for hydroxylation is 1. The first-order chi connectivity index (χ1) is 9.69. The number of carbonyl (C=O) groups is 1. The molecule has 20 heavy (non-hydrogen) atoms. The van der Waals surface area contributed by atoms with Crippen molar-refractivity contribution in [1.82, 2.24) is 9.78 Å². The number of allylic oxidation sites excluding steroid dienone is 5. The fraction of sp³-hybridized carbons (Fsp3) is 0.375. The van der Waals surface area contributed by atoms with Crippen LogP contribution in [0.2, 0.25) is 0 Å². The molecular formula is C16H20N2O2. The number of hydrogen-bond donors (Lipinski definition) is 0. The van der Waals surface area contributed by atoms with E-state index in [0.717, 1.165) is 24.2 Å². The van der Waals surface area contributed by atoms with Crippen LogP contribution in [0.3, 0.4) is 0 Å². The first kappa shape index (κ1) is 14.3. The summed E-state index contributed by atoms with van der Waals surface area (Å²) in [5, 5.41) is 4.27. The topological polar surface area (TPSA) is 44.1 Å². The van der Waals surface area contributed by atoms with Crippen LogP contribution < -0.4 is 0 Å². The second-order valence-electron chi connectivity index (χ2n) is 4.69. The number of aromatic nitrogens is 2. The Morgan fingerprint density at radius 3 is 3.10 bits per heavy atom. The molecule has 2 heterocycles. The van der Waals surface area contributed by atoms with Crippen LogP contribution in [-0.2, 0) is 11.3 Å². The third kappa shape index (κ3) is 2.74. The van der Waals surface area contributed by atoms with Gasteiger partial charge < -0.3 is 4.74 Å². The average Bonchev–Trinajstić information content (AvgIpc) is 2.99. The summed E-state index contributed by atoms with van der Waals surface area (Å²) < 4.78 is 6.97. The number of hydrogen-bond acceptors (Lipinski definition) is 3. The normalized spacial score (nSPS) is 17.8. The first-order valence-electron chi connectivity index (χ1n) is 6.90. The lowest BCUT2D eigenvalue weighted by Crippen LogP contribution is -2.09. The Morgan fingerprint density at radius 1 is 1.60 bits per heavy atom. The zero-order valence-electron chi connectivity index (χ0n) is 12.0. The maximum absolute atomic E-state index is 12.0. The van der Waals surface area contributed by atoms with Crippen LogP contribution in [0.4, 0.5) is 0 Å². The fourth-order valence-corrected chi connectivity index (χ4v) is 2.46. The van der Waals surface area contributed by atoms with E-state index in [4.69, 9.17) is 4.74 Å². The number of fused-ring (bicyclic) bond motifs is 1. The van der Waals surface area contributed by atoms with Gasteiger partial charge >= 0.3 is 5.97 Å². The first-order valence-corrected chi connectivity index (χ1v) is 6.90. The minimum absolute atomic E-state index is 0.137. The summed E-state index contributed by atoms with van der Waals surface area (Å²) in [6.45, 7) is 9.08. The highest BCUT2D eigenvalue weighted by molar-refractivity contribution is 5.91. The lowest BCUT2D eigenvalue weighted by molar-refractivity contribution is 0.0525. The third-order valence-corrected chi connectivity index (χ3v) is 3.40. The standard InChI is InChI=1S/C16H20N2O2/c1-4-6-7-8-12(3)13-9-10-18-15(13)14(11-17-18)16(19)20-5-2/h4,6-8,11,13H,3,5,9-10H2,1-2H3/b6-4-,8-7-/t13-/m1/s1. The molecule has 1 aromatic rings. The molecule has 0 saturated heterocycles. The van der Waals surface area contributed by atoms with Crippen molar-refractivity contribution < 1.29 is 9.53 Å². The highest BCUT2D eigenvalue weighted by Crippen LogP contribution is 2.36. The molecule has 1 aliphatic rings. The molecule has 4 nitrogen and oxygen atoms in total. The quantitative estimate of drug-likeness (QED) is 0.610. The van der Waals surface area contributed by atoms with Crippen LogP contribution in [0.1, 0.15) is 42.2 Å². The molecule has 0 amide bonds. The lowest BCUT2D eigenvalue weighted by atomic mass is 9.93. The summed E-state index contributed by atoms with van der Waals surface area (Å²) in [4.78, 5) is 12.0. The van der Waals surface area contributed by atoms with E-state index >= 15 is 0 Å². The number of ether oxygens (including phenoxy) is 1. The van der Waals surface area contributed by atoms with Gasteiger partial charge in [0.1, 0.15) is 5.56 Å². The molecule has 0 spiro atoms. The lowest BCUT2D eigenvalue weighted by Gasteiger charge is -2.11. The second-order valence-corrected chi connectivity index (χ2v) is 4.69. The SMILES string of the molecule is C=C(/C=C\C=C/C)[C@H]1CCn2ncc(C(=O)OCC)c21. The molecule has 2 rings (SSSR count). The molecule has 0 bridgehead atoms. The minimum atomic E-state index is -0.300. The Morgan fingerprint density at radius 2 is 2.40 bits per heavy atom. The summed E-state index contributed by atoms with van der Waals surface area (Å²) in [7, 11) is 0. The summed E-state index contributed by atoms with van der Waals surface area (Å²) in [5.74, 6) is -0.163. The van der Waals surface area contributed by atoms with Gasteiger partial charge in [-0.15, -0.1) is 0 Å². The highest BCUT2D eigenvalue weighted by Gasteiger charge is 2.31. The Hall–Kier alpha value is -2.10. The summed E-state index contributed by atoms with van der Waals surface area (Å²) in [6.07, 6.45) is 10.4. The highest BCUT2D eigenvalue weighted by atomic mass is 16.5. The molecule has 0 unspecified atom stereocenters. The van der Waals surface area contributed by atoms with Gasteiger partial charge in [0, 0.05) is 12.5 Å². The molecule has 0 radical (unpaired) electrons. The van der Waals surface area contributed by atoms with Crippen molar-refractivity contribution in [3.63, 3.8) is 0 Å². The van der Waals surface area contributed by atoms with Crippen LogP contribution in [0.5, 0.6) is 0 Å². The van der Waals surface area contributed by atoms with Crippen molar-refractivity contribution >= 4 is 5.97 Å². The summed E-state index contributed by atoms with van der Waals surface area (Å²) in [6, 6.07) is 0. The molecule has 0 fully saturated rings. The van der Waals surface area contributed by atoms with E-state index in [0.29, 0.717) is 12.2 Å². The average molecular weight is 272 g/mol. The molecule has 0 saturated carbocycles. The van der Waals surface area contributed by atoms with Crippen molar-refractivity contribution in [3.05, 3.63) is 53.9 Å². The van der Waals surface area contributed by atoms with Gasteiger partial charge in [0.2, 0.25) is 0 Å². The summed E-state index contributed by atoms with van der Waals surface area (Å²) in [5.41, 5.74) is 2.49. The van der Waals surface area contributed by atoms with E-state index in [-0.39, 0.29) is 11.9 Å². The molecular weight excluding hydrogens is 252 g/mol. The van der Waals surface area contributed by atoms with E-state index in [1.165, 1.54) is 0 Å². The van der Waals surface area contributed by atoms with Gasteiger partial charge in [0.05, 0.1) is 18.5 Å². The van der Waals surface area contributed by atoms with E-state index < -0.39 is 0 Å². The molecule has 4 heteroatoms. The number of nitrogens with zero attached hydrogens (tertiary/aromatic N) is 2. The van der Waals surface area contributed by atoms with Gasteiger partial charge in [-0.05, 0) is 25.8 Å². The Kier molecular flexibility index (Phi) is 4.56. The van der Waals surface area contributed by atoms with E-state index in [1.807, 2.05) is 35.9 Å². The van der Waals surface area contributed by atoms with Gasteiger partial charge in [0.25, 0.3) is 0 Å². The van der Waals surface area contributed by atoms with Gasteiger partial charge in [-0.25, -0.2) is 4.79 Å². The van der Waals surface area contributed by atoms with Crippen LogP contribution in [-0.4, -0.2) is 22.4 Å². The maximum atomic E-state index is 12.0. The monoisotopic (exact) mass is 272 g/mol. The van der Waals surface area contributed by atoms with Crippen molar-refractivity contribution in [2.24, 2.45) is 0 Å².